The van der Waals surface area contributed by atoms with Crippen LogP contribution in [0.25, 0.3) is 11.2 Å². The van der Waals surface area contributed by atoms with Crippen LogP contribution >= 0.6 is 19.4 Å². The number of halogens is 1. The van der Waals surface area contributed by atoms with Crippen molar-refractivity contribution in [3.63, 3.8) is 0 Å². The second-order valence-electron chi connectivity index (χ2n) is 6.33. The van der Waals surface area contributed by atoms with E-state index in [2.05, 4.69) is 31.3 Å². The molecule has 2 heterocycles. The van der Waals surface area contributed by atoms with Crippen molar-refractivity contribution in [2.24, 2.45) is 11.3 Å². The lowest BCUT2D eigenvalue weighted by molar-refractivity contribution is 0.110. The summed E-state index contributed by atoms with van der Waals surface area (Å²) in [6.07, 6.45) is 0.989. The minimum Gasteiger partial charge on any atom is -0.391 e. The van der Waals surface area contributed by atoms with Crippen LogP contribution in [-0.2, 0) is 9.09 Å². The Kier molecular flexibility index (Phi) is 3.71. The smallest absolute Gasteiger partial charge is 0.391 e. The van der Waals surface area contributed by atoms with Crippen LogP contribution in [0, 0.1) is 30.1 Å². The second-order valence-corrected chi connectivity index (χ2v) is 7.91. The van der Waals surface area contributed by atoms with Crippen molar-refractivity contribution in [2.75, 3.05) is 6.61 Å². The zero-order chi connectivity index (χ0) is 18.0. The number of aliphatic hydroxyl groups is 1. The van der Waals surface area contributed by atoms with Crippen molar-refractivity contribution in [3.05, 3.63) is 17.3 Å². The Balaban J connectivity index is 1.71. The summed E-state index contributed by atoms with van der Waals surface area (Å²) in [5, 5.41) is 10.7. The maximum atomic E-state index is 11.0. The first-order chi connectivity index (χ1) is 11.7. The van der Waals surface area contributed by atoms with Gasteiger partial charge in [-0.1, -0.05) is 11.8 Å². The fourth-order valence-electron chi connectivity index (χ4n) is 3.64. The van der Waals surface area contributed by atoms with E-state index in [0.717, 1.165) is 0 Å². The third kappa shape index (κ3) is 2.66. The lowest BCUT2D eigenvalue weighted by Crippen LogP contribution is -2.37. The van der Waals surface area contributed by atoms with E-state index in [0.29, 0.717) is 16.9 Å². The molecule has 9 nitrogen and oxygen atoms in total. The highest BCUT2D eigenvalue weighted by molar-refractivity contribution is 7.46. The Morgan fingerprint density at radius 2 is 2.28 bits per heavy atom. The highest BCUT2D eigenvalue weighted by atomic mass is 35.5. The molecule has 4 rings (SSSR count). The molecule has 0 aromatic carbocycles. The van der Waals surface area contributed by atoms with Crippen LogP contribution in [0.4, 0.5) is 0 Å². The molecule has 1 saturated carbocycles. The number of phosphoric acid groups is 1. The number of aromatic nitrogens is 4. The van der Waals surface area contributed by atoms with Crippen LogP contribution in [0.5, 0.6) is 0 Å². The minimum absolute atomic E-state index is 0.0787. The SMILES string of the molecule is Cc1nc(Cl)nc2c1ncn2[C@H]1[C@H](O)C[C@]2(COP(=O)(O)O)C#C[C@H]12. The van der Waals surface area contributed by atoms with Crippen molar-refractivity contribution in [2.45, 2.75) is 25.5 Å². The van der Waals surface area contributed by atoms with E-state index in [-0.39, 0.29) is 24.2 Å². The van der Waals surface area contributed by atoms with Crippen molar-refractivity contribution in [1.82, 2.24) is 19.5 Å². The van der Waals surface area contributed by atoms with Crippen LogP contribution in [0.2, 0.25) is 5.28 Å². The van der Waals surface area contributed by atoms with Gasteiger partial charge in [0.1, 0.15) is 5.52 Å². The number of phosphoric ester groups is 1. The number of rotatable bonds is 4. The number of hydrogen-bond donors (Lipinski definition) is 3. The zero-order valence-electron chi connectivity index (χ0n) is 13.0. The van der Waals surface area contributed by atoms with Crippen LogP contribution in [0.1, 0.15) is 18.2 Å². The largest absolute Gasteiger partial charge is 0.469 e. The number of aliphatic hydroxyl groups excluding tert-OH is 1. The third-order valence-corrected chi connectivity index (χ3v) is 5.40. The monoisotopic (exact) mass is 384 g/mol. The van der Waals surface area contributed by atoms with Gasteiger partial charge in [-0.05, 0) is 24.9 Å². The highest BCUT2D eigenvalue weighted by Gasteiger charge is 2.57. The molecule has 0 amide bonds. The van der Waals surface area contributed by atoms with Gasteiger partial charge in [-0.2, -0.15) is 4.98 Å². The van der Waals surface area contributed by atoms with Gasteiger partial charge < -0.3 is 19.5 Å². The highest BCUT2D eigenvalue weighted by Crippen LogP contribution is 2.55. The Morgan fingerprint density at radius 3 is 2.92 bits per heavy atom. The molecule has 0 bridgehead atoms. The molecule has 0 spiro atoms. The van der Waals surface area contributed by atoms with Gasteiger partial charge in [-0.25, -0.2) is 14.5 Å². The van der Waals surface area contributed by atoms with Gasteiger partial charge in [-0.3, -0.25) is 4.52 Å². The first kappa shape index (κ1) is 16.9. The number of aryl methyl sites for hydroxylation is 1. The van der Waals surface area contributed by atoms with Gasteiger partial charge in [0.25, 0.3) is 0 Å². The Morgan fingerprint density at radius 1 is 1.52 bits per heavy atom. The molecule has 2 aromatic heterocycles. The maximum absolute atomic E-state index is 11.0. The molecular formula is C14H14ClN4O5P. The lowest BCUT2D eigenvalue weighted by Gasteiger charge is -2.35. The van der Waals surface area contributed by atoms with Gasteiger partial charge in [0.05, 0.1) is 42.1 Å². The third-order valence-electron chi connectivity index (χ3n) is 4.76. The first-order valence-electron chi connectivity index (χ1n) is 7.48. The summed E-state index contributed by atoms with van der Waals surface area (Å²) in [5.74, 6) is 5.56. The topological polar surface area (TPSA) is 131 Å². The van der Waals surface area contributed by atoms with Crippen LogP contribution in [0.15, 0.2) is 6.33 Å². The molecule has 11 heteroatoms. The molecule has 2 aromatic rings. The predicted molar refractivity (Wildman–Crippen MR) is 86.4 cm³/mol. The Bertz CT molecular complexity index is 979. The summed E-state index contributed by atoms with van der Waals surface area (Å²) in [4.78, 5) is 30.5. The normalized spacial score (nSPS) is 30.7. The molecule has 0 radical (unpaired) electrons. The molecule has 0 aliphatic heterocycles. The summed E-state index contributed by atoms with van der Waals surface area (Å²) in [7, 11) is -4.61. The zero-order valence-corrected chi connectivity index (χ0v) is 14.6. The standard InChI is InChI=1S/C14H14ClN4O5P/c1-7-10-12(18-13(15)17-7)19(6-16-10)11-8-2-3-14(8,4-9(11)20)5-24-25(21,22)23/h6,8-9,11,20H,4-5H2,1H3,(H2,21,22,23)/t8-,9-,11-,14+/m1/s1. The number of fused-ring (bicyclic) bond motifs is 2. The first-order valence-corrected chi connectivity index (χ1v) is 9.38. The number of nitrogens with zero attached hydrogens (tertiary/aromatic N) is 4. The van der Waals surface area contributed by atoms with Crippen molar-refractivity contribution >= 4 is 30.6 Å². The van der Waals surface area contributed by atoms with E-state index in [9.17, 15) is 9.67 Å². The van der Waals surface area contributed by atoms with Crippen LogP contribution < -0.4 is 0 Å². The fourth-order valence-corrected chi connectivity index (χ4v) is 4.24. The second kappa shape index (κ2) is 5.48. The molecule has 0 unspecified atom stereocenters. The summed E-state index contributed by atoms with van der Waals surface area (Å²) in [6, 6.07) is -0.461. The van der Waals surface area contributed by atoms with Crippen LogP contribution in [-0.4, -0.2) is 47.1 Å². The molecule has 0 saturated heterocycles. The summed E-state index contributed by atoms with van der Waals surface area (Å²) in [6.45, 7) is 1.52. The number of imidazole rings is 1. The maximum Gasteiger partial charge on any atom is 0.469 e. The van der Waals surface area contributed by atoms with Crippen LogP contribution in [0.3, 0.4) is 0 Å². The van der Waals surface area contributed by atoms with E-state index in [4.69, 9.17) is 21.4 Å². The molecule has 2 aliphatic carbocycles. The van der Waals surface area contributed by atoms with E-state index >= 15 is 0 Å². The van der Waals surface area contributed by atoms with Crippen molar-refractivity contribution in [3.8, 4) is 11.8 Å². The lowest BCUT2D eigenvalue weighted by atomic mass is 9.71. The summed E-state index contributed by atoms with van der Waals surface area (Å²) in [5.41, 5.74) is 0.889. The number of hydrogen-bond acceptors (Lipinski definition) is 6. The van der Waals surface area contributed by atoms with Gasteiger partial charge in [0.2, 0.25) is 5.28 Å². The average Bonchev–Trinajstić information content (AvgIpc) is 2.96. The summed E-state index contributed by atoms with van der Waals surface area (Å²) >= 11 is 5.94. The van der Waals surface area contributed by atoms with E-state index in [1.807, 2.05) is 0 Å². The van der Waals surface area contributed by atoms with Gasteiger partial charge in [0.15, 0.2) is 5.65 Å². The molecule has 3 N–H and O–H groups in total. The van der Waals surface area contributed by atoms with E-state index < -0.39 is 25.4 Å². The molecular weight excluding hydrogens is 371 g/mol. The van der Waals surface area contributed by atoms with E-state index in [1.165, 1.54) is 0 Å². The molecule has 2 aliphatic rings. The Hall–Kier alpha value is -1.53. The van der Waals surface area contributed by atoms with Gasteiger partial charge in [-0.15, -0.1) is 0 Å². The van der Waals surface area contributed by atoms with E-state index in [1.54, 1.807) is 17.8 Å². The fraction of sp³-hybridized carbons (Fsp3) is 0.500. The molecule has 4 atom stereocenters. The Labute approximate surface area is 147 Å². The average molecular weight is 385 g/mol. The summed E-state index contributed by atoms with van der Waals surface area (Å²) < 4.78 is 17.4. The molecule has 1 fully saturated rings. The quantitative estimate of drug-likeness (QED) is 0.401. The van der Waals surface area contributed by atoms with Gasteiger partial charge >= 0.3 is 7.82 Å². The van der Waals surface area contributed by atoms with Crippen molar-refractivity contribution in [1.29, 1.82) is 0 Å². The van der Waals surface area contributed by atoms with Crippen molar-refractivity contribution < 1.29 is 24.0 Å². The predicted octanol–water partition coefficient (Wildman–Crippen LogP) is 0.823. The molecule has 132 valence electrons. The molecule has 25 heavy (non-hydrogen) atoms. The van der Waals surface area contributed by atoms with Gasteiger partial charge in [0, 0.05) is 0 Å². The minimum atomic E-state index is -4.61.